The summed E-state index contributed by atoms with van der Waals surface area (Å²) in [5.74, 6) is 0.744. The second-order valence-corrected chi connectivity index (χ2v) is 12.7. The third-order valence-electron chi connectivity index (χ3n) is 4.46. The minimum atomic E-state index is -1.78. The van der Waals surface area contributed by atoms with E-state index >= 15 is 0 Å². The average molecular weight is 313 g/mol. The van der Waals surface area contributed by atoms with Crippen molar-refractivity contribution in [3.05, 3.63) is 24.8 Å². The van der Waals surface area contributed by atoms with E-state index in [-0.39, 0.29) is 11.1 Å². The fraction of sp³-hybridized carbons (Fsp3) is 0.778. The predicted octanol–water partition coefficient (Wildman–Crippen LogP) is 5.16. The lowest BCUT2D eigenvalue weighted by Crippen LogP contribution is -2.46. The first-order chi connectivity index (χ1) is 9.42. The van der Waals surface area contributed by atoms with E-state index in [2.05, 4.69) is 67.3 Å². The second-order valence-electron chi connectivity index (χ2n) is 7.92. The van der Waals surface area contributed by atoms with Gasteiger partial charge >= 0.3 is 0 Å². The molecular formula is C18H36O2Si. The van der Waals surface area contributed by atoms with Crippen LogP contribution in [0.1, 0.15) is 48.0 Å². The maximum absolute atomic E-state index is 9.79. The van der Waals surface area contributed by atoms with Gasteiger partial charge in [0.25, 0.3) is 0 Å². The average Bonchev–Trinajstić information content (AvgIpc) is 2.31. The lowest BCUT2D eigenvalue weighted by Gasteiger charge is -2.42. The molecule has 0 aliphatic carbocycles. The van der Waals surface area contributed by atoms with Gasteiger partial charge in [-0.05, 0) is 36.4 Å². The molecule has 0 saturated carbocycles. The molecule has 0 amide bonds. The number of hydrogen-bond acceptors (Lipinski definition) is 2. The van der Waals surface area contributed by atoms with Gasteiger partial charge in [0, 0.05) is 0 Å². The Hall–Kier alpha value is -0.383. The van der Waals surface area contributed by atoms with Crippen molar-refractivity contribution in [2.75, 3.05) is 0 Å². The first-order valence-corrected chi connectivity index (χ1v) is 11.0. The van der Waals surface area contributed by atoms with Gasteiger partial charge in [-0.3, -0.25) is 0 Å². The number of aliphatic hydroxyl groups excluding tert-OH is 1. The van der Waals surface area contributed by atoms with E-state index in [4.69, 9.17) is 4.43 Å². The molecule has 2 nitrogen and oxygen atoms in total. The van der Waals surface area contributed by atoms with Crippen LogP contribution in [0.25, 0.3) is 0 Å². The Bertz CT molecular complexity index is 340. The molecule has 0 radical (unpaired) electrons. The normalized spacial score (nSPS) is 18.0. The molecular weight excluding hydrogens is 276 g/mol. The molecule has 0 spiro atoms. The standard InChI is InChI=1S/C18H36O2Si/c1-10-11-16(19)13-12-15(4)17(14(2)3)20-21(8,9)18(5,6)7/h10,12-17,19H,1,11H2,2-9H3/b13-12+/t15-,16+,17-/m1/s1. The van der Waals surface area contributed by atoms with E-state index in [1.165, 1.54) is 0 Å². The Kier molecular flexibility index (Phi) is 8.15. The fourth-order valence-corrected chi connectivity index (χ4v) is 3.55. The van der Waals surface area contributed by atoms with Crippen LogP contribution in [0, 0.1) is 11.8 Å². The van der Waals surface area contributed by atoms with Crippen molar-refractivity contribution in [2.24, 2.45) is 11.8 Å². The Balaban J connectivity index is 4.95. The van der Waals surface area contributed by atoms with Crippen molar-refractivity contribution in [1.29, 1.82) is 0 Å². The molecule has 0 bridgehead atoms. The molecule has 124 valence electrons. The van der Waals surface area contributed by atoms with E-state index in [1.54, 1.807) is 6.08 Å². The largest absolute Gasteiger partial charge is 0.413 e. The highest BCUT2D eigenvalue weighted by molar-refractivity contribution is 6.74. The highest BCUT2D eigenvalue weighted by atomic mass is 28.4. The van der Waals surface area contributed by atoms with Crippen molar-refractivity contribution in [3.63, 3.8) is 0 Å². The summed E-state index contributed by atoms with van der Waals surface area (Å²) in [5, 5.41) is 10.0. The van der Waals surface area contributed by atoms with Gasteiger partial charge < -0.3 is 9.53 Å². The number of aliphatic hydroxyl groups is 1. The van der Waals surface area contributed by atoms with Crippen molar-refractivity contribution in [3.8, 4) is 0 Å². The van der Waals surface area contributed by atoms with Crippen LogP contribution < -0.4 is 0 Å². The molecule has 0 aromatic rings. The zero-order valence-electron chi connectivity index (χ0n) is 15.3. The maximum Gasteiger partial charge on any atom is 0.192 e. The summed E-state index contributed by atoms with van der Waals surface area (Å²) >= 11 is 0. The summed E-state index contributed by atoms with van der Waals surface area (Å²) in [6.07, 6.45) is 6.05. The molecule has 0 rings (SSSR count). The highest BCUT2D eigenvalue weighted by Crippen LogP contribution is 2.39. The molecule has 0 aromatic carbocycles. The second kappa shape index (κ2) is 8.30. The van der Waals surface area contributed by atoms with E-state index in [0.29, 0.717) is 18.3 Å². The van der Waals surface area contributed by atoms with E-state index in [0.717, 1.165) is 0 Å². The molecule has 0 aliphatic heterocycles. The van der Waals surface area contributed by atoms with Crippen LogP contribution in [-0.2, 0) is 4.43 Å². The lowest BCUT2D eigenvalue weighted by atomic mass is 9.94. The van der Waals surface area contributed by atoms with Crippen molar-refractivity contribution >= 4 is 8.32 Å². The Morgan fingerprint density at radius 1 is 1.14 bits per heavy atom. The zero-order chi connectivity index (χ0) is 16.8. The smallest absolute Gasteiger partial charge is 0.192 e. The molecule has 0 unspecified atom stereocenters. The van der Waals surface area contributed by atoms with E-state index < -0.39 is 14.4 Å². The summed E-state index contributed by atoms with van der Waals surface area (Å²) in [5.41, 5.74) is 0. The lowest BCUT2D eigenvalue weighted by molar-refractivity contribution is 0.0999. The molecule has 0 saturated heterocycles. The molecule has 0 fully saturated rings. The quantitative estimate of drug-likeness (QED) is 0.495. The summed E-state index contributed by atoms with van der Waals surface area (Å²) in [6.45, 7) is 21.7. The molecule has 0 aromatic heterocycles. The van der Waals surface area contributed by atoms with Crippen LogP contribution in [0.2, 0.25) is 18.1 Å². The van der Waals surface area contributed by atoms with Gasteiger partial charge in [-0.1, -0.05) is 59.8 Å². The molecule has 3 atom stereocenters. The van der Waals surface area contributed by atoms with Crippen LogP contribution in [0.4, 0.5) is 0 Å². The highest BCUT2D eigenvalue weighted by Gasteiger charge is 2.40. The van der Waals surface area contributed by atoms with E-state index in [1.807, 2.05) is 6.08 Å². The van der Waals surface area contributed by atoms with Gasteiger partial charge in [0.05, 0.1) is 12.2 Å². The third-order valence-corrected chi connectivity index (χ3v) is 8.93. The summed E-state index contributed by atoms with van der Waals surface area (Å²) in [6, 6.07) is 0. The predicted molar refractivity (Wildman–Crippen MR) is 96.0 cm³/mol. The van der Waals surface area contributed by atoms with Gasteiger partial charge in [0.1, 0.15) is 0 Å². The Labute approximate surface area is 133 Å². The summed E-state index contributed by atoms with van der Waals surface area (Å²) < 4.78 is 6.60. The maximum atomic E-state index is 9.79. The fourth-order valence-electron chi connectivity index (χ4n) is 2.03. The van der Waals surface area contributed by atoms with Gasteiger partial charge in [-0.2, -0.15) is 0 Å². The van der Waals surface area contributed by atoms with E-state index in [9.17, 15) is 5.11 Å². The van der Waals surface area contributed by atoms with Gasteiger partial charge in [0.15, 0.2) is 8.32 Å². The minimum absolute atomic E-state index is 0.193. The van der Waals surface area contributed by atoms with Crippen LogP contribution in [0.15, 0.2) is 24.8 Å². The van der Waals surface area contributed by atoms with Crippen LogP contribution in [0.5, 0.6) is 0 Å². The van der Waals surface area contributed by atoms with Crippen LogP contribution in [-0.4, -0.2) is 25.6 Å². The number of rotatable bonds is 8. The van der Waals surface area contributed by atoms with Crippen LogP contribution >= 0.6 is 0 Å². The van der Waals surface area contributed by atoms with Crippen molar-refractivity contribution < 1.29 is 9.53 Å². The monoisotopic (exact) mass is 312 g/mol. The van der Waals surface area contributed by atoms with Crippen LogP contribution in [0.3, 0.4) is 0 Å². The molecule has 3 heteroatoms. The molecule has 21 heavy (non-hydrogen) atoms. The van der Waals surface area contributed by atoms with Crippen molar-refractivity contribution in [1.82, 2.24) is 0 Å². The molecule has 1 N–H and O–H groups in total. The Morgan fingerprint density at radius 3 is 2.05 bits per heavy atom. The van der Waals surface area contributed by atoms with Gasteiger partial charge in [0.2, 0.25) is 0 Å². The summed E-state index contributed by atoms with van der Waals surface area (Å²) in [4.78, 5) is 0. The van der Waals surface area contributed by atoms with Gasteiger partial charge in [-0.15, -0.1) is 6.58 Å². The molecule has 0 aliphatic rings. The third kappa shape index (κ3) is 6.94. The summed E-state index contributed by atoms with van der Waals surface area (Å²) in [7, 11) is -1.78. The Morgan fingerprint density at radius 2 is 1.67 bits per heavy atom. The molecule has 0 heterocycles. The SMILES string of the molecule is C=CC[C@H](O)/C=C/[C@@H](C)[C@H](O[Si](C)(C)C(C)(C)C)C(C)C. The van der Waals surface area contributed by atoms with Gasteiger partial charge in [-0.25, -0.2) is 0 Å². The minimum Gasteiger partial charge on any atom is -0.413 e. The first kappa shape index (κ1) is 20.6. The van der Waals surface area contributed by atoms with Crippen molar-refractivity contribution in [2.45, 2.75) is 78.3 Å². The zero-order valence-corrected chi connectivity index (χ0v) is 16.3. The number of hydrogen-bond donors (Lipinski definition) is 1. The topological polar surface area (TPSA) is 29.5 Å². The first-order valence-electron chi connectivity index (χ1n) is 8.07.